The molecule has 0 radical (unpaired) electrons. The van der Waals surface area contributed by atoms with Gasteiger partial charge in [0.15, 0.2) is 49.6 Å². The van der Waals surface area contributed by atoms with Crippen molar-refractivity contribution in [1.29, 1.82) is 0 Å². The normalized spacial score (nSPS) is 12.0. The average Bonchev–Trinajstić information content (AvgIpc) is 4.27. The van der Waals surface area contributed by atoms with Crippen molar-refractivity contribution in [2.75, 3.05) is 0 Å². The number of hydrogen-bond acceptors (Lipinski definition) is 2. The predicted octanol–water partition coefficient (Wildman–Crippen LogP) is 17.0. The second-order valence-electron chi connectivity index (χ2n) is 22.6. The van der Waals surface area contributed by atoms with Crippen LogP contribution in [-0.2, 0) is 0 Å². The number of aromatic nitrogens is 8. The lowest BCUT2D eigenvalue weighted by atomic mass is 10.0. The quantitative estimate of drug-likeness (QED) is 0.149. The highest BCUT2D eigenvalue weighted by molar-refractivity contribution is 6.00. The average molecular weight is 1130 g/mol. The van der Waals surface area contributed by atoms with Gasteiger partial charge in [-0.3, -0.25) is 0 Å². The van der Waals surface area contributed by atoms with Crippen LogP contribution in [0.2, 0.25) is 0 Å². The summed E-state index contributed by atoms with van der Waals surface area (Å²) in [4.78, 5) is 19.3. The minimum Gasteiger partial charge on any atom is -0.354 e. The van der Waals surface area contributed by atoms with Crippen molar-refractivity contribution in [3.8, 4) is 67.3 Å². The fourth-order valence-corrected chi connectivity index (χ4v) is 12.8. The summed E-state index contributed by atoms with van der Waals surface area (Å²) >= 11 is 0. The summed E-state index contributed by atoms with van der Waals surface area (Å²) in [6.45, 7) is 0. The van der Waals surface area contributed by atoms with Crippen LogP contribution in [0, 0.1) is 0 Å². The molecule has 2 aliphatic heterocycles. The van der Waals surface area contributed by atoms with Gasteiger partial charge < -0.3 is 9.97 Å². The van der Waals surface area contributed by atoms with Gasteiger partial charge in [-0.2, -0.15) is 18.3 Å². The maximum absolute atomic E-state index is 5.68. The Bertz CT molecular complexity index is 4860. The maximum Gasteiger partial charge on any atom is 0.210 e. The van der Waals surface area contributed by atoms with E-state index in [1.165, 1.54) is 43.1 Å². The van der Waals surface area contributed by atoms with Gasteiger partial charge in [0.2, 0.25) is 22.7 Å². The third kappa shape index (κ3) is 9.11. The Kier molecular flexibility index (Phi) is 12.0. The molecular weight excluding hydrogens is 1070 g/mol. The fourth-order valence-electron chi connectivity index (χ4n) is 12.8. The van der Waals surface area contributed by atoms with Crippen molar-refractivity contribution in [3.63, 3.8) is 0 Å². The molecule has 0 unspecified atom stereocenters. The van der Waals surface area contributed by atoms with Gasteiger partial charge in [-0.05, 0) is 165 Å². The fraction of sp³-hybridized carbons (Fsp3) is 0. The van der Waals surface area contributed by atoms with E-state index in [4.69, 9.17) is 9.97 Å². The SMILES string of the molecule is C1=Cc2nc1c(-c1ccc(-[n+]3ccc4ccccc4c3)cc1)c1ccc([nH]1)c(-c1ccc(-[n+]3ccc4ccccc4c3)cc1)c1nc(c(-c3ccc(-[n+]4ccc5ccccc5c4)cc3)c3ccc([nH]3)c2-c2ccc(-[n+]3ccc4ccccc4c3)cc2)C=C1. The van der Waals surface area contributed by atoms with E-state index in [1.807, 2.05) is 0 Å². The van der Waals surface area contributed by atoms with E-state index in [0.29, 0.717) is 0 Å². The molecule has 410 valence electrons. The Hall–Kier alpha value is -12.0. The van der Waals surface area contributed by atoms with Crippen LogP contribution in [0.1, 0.15) is 22.8 Å². The Morgan fingerprint density at radius 3 is 0.659 bits per heavy atom. The lowest BCUT2D eigenvalue weighted by Crippen LogP contribution is -2.29. The highest BCUT2D eigenvalue weighted by Crippen LogP contribution is 2.39. The summed E-state index contributed by atoms with van der Waals surface area (Å²) in [6, 6.07) is 86.7. The number of nitrogens with one attached hydrogen (secondary N) is 2. The van der Waals surface area contributed by atoms with E-state index in [1.54, 1.807) is 0 Å². The largest absolute Gasteiger partial charge is 0.354 e. The lowest BCUT2D eigenvalue weighted by molar-refractivity contribution is -0.594. The molecular formula is C80H54N8+4. The molecule has 88 heavy (non-hydrogen) atoms. The number of aromatic amines is 2. The Labute approximate surface area is 507 Å². The molecule has 0 saturated carbocycles. The van der Waals surface area contributed by atoms with Gasteiger partial charge in [0, 0.05) is 139 Å². The summed E-state index contributed by atoms with van der Waals surface area (Å²) < 4.78 is 8.75. The van der Waals surface area contributed by atoms with Crippen LogP contribution in [0.4, 0.5) is 0 Å². The van der Waals surface area contributed by atoms with E-state index >= 15 is 0 Å². The van der Waals surface area contributed by atoms with Crippen molar-refractivity contribution >= 4 is 89.5 Å². The van der Waals surface area contributed by atoms with Gasteiger partial charge in [0.1, 0.15) is 0 Å². The standard InChI is InChI=1S/C80H54N8/c1-5-13-61-49-85(45-41-53(61)9-1)65-25-17-57(18-26-65)77-69-33-35-71(81-69)78(58-19-27-66(28-20-58)86-46-42-54-10-2-6-14-62(54)50-86)73-37-39-75(83-73)80(60-23-31-68(32-24-60)88-48-44-56-12-4-8-16-64(56)52-88)76-40-38-74(84-76)79(72-36-34-70(77)82-72)59-21-29-67(30-22-59)87-47-43-55-11-3-7-15-63(55)51-87/h1-52,81,84H/q+4. The summed E-state index contributed by atoms with van der Waals surface area (Å²) in [5, 5.41) is 9.52. The van der Waals surface area contributed by atoms with Crippen molar-refractivity contribution in [1.82, 2.24) is 19.9 Å². The van der Waals surface area contributed by atoms with Crippen LogP contribution in [-0.4, -0.2) is 19.9 Å². The van der Waals surface area contributed by atoms with Crippen molar-refractivity contribution < 1.29 is 18.3 Å². The highest BCUT2D eigenvalue weighted by atomic mass is 15.0. The number of benzene rings is 8. The molecule has 8 nitrogen and oxygen atoms in total. The highest BCUT2D eigenvalue weighted by Gasteiger charge is 2.22. The number of rotatable bonds is 8. The molecule has 0 saturated heterocycles. The first-order valence-electron chi connectivity index (χ1n) is 29.7. The van der Waals surface area contributed by atoms with Crippen molar-refractivity contribution in [2.45, 2.75) is 0 Å². The van der Waals surface area contributed by atoms with E-state index in [9.17, 15) is 0 Å². The van der Waals surface area contributed by atoms with E-state index in [0.717, 1.165) is 112 Å². The zero-order valence-corrected chi connectivity index (χ0v) is 47.7. The maximum atomic E-state index is 5.68. The Morgan fingerprint density at radius 1 is 0.216 bits per heavy atom. The lowest BCUT2D eigenvalue weighted by Gasteiger charge is -2.08. The second-order valence-corrected chi connectivity index (χ2v) is 22.6. The molecule has 8 bridgehead atoms. The summed E-state index contributed by atoms with van der Waals surface area (Å²) in [7, 11) is 0. The molecule has 0 amide bonds. The summed E-state index contributed by atoms with van der Waals surface area (Å²) in [6.07, 6.45) is 26.0. The molecule has 8 aromatic carbocycles. The molecule has 2 N–H and O–H groups in total. The molecule has 7 aromatic heterocycles. The summed E-state index contributed by atoms with van der Waals surface area (Å²) in [5.74, 6) is 0. The van der Waals surface area contributed by atoms with Gasteiger partial charge in [0.05, 0.1) is 22.8 Å². The molecule has 2 aliphatic rings. The first kappa shape index (κ1) is 50.5. The van der Waals surface area contributed by atoms with Crippen LogP contribution in [0.25, 0.3) is 157 Å². The topological polar surface area (TPSA) is 72.9 Å². The van der Waals surface area contributed by atoms with E-state index in [-0.39, 0.29) is 0 Å². The summed E-state index contributed by atoms with van der Waals surface area (Å²) in [5.41, 5.74) is 19.4. The first-order valence-corrected chi connectivity index (χ1v) is 29.7. The zero-order valence-electron chi connectivity index (χ0n) is 47.7. The van der Waals surface area contributed by atoms with Gasteiger partial charge in [0.25, 0.3) is 0 Å². The minimum absolute atomic E-state index is 0.845. The molecule has 0 spiro atoms. The molecule has 15 aromatic rings. The third-order valence-corrected chi connectivity index (χ3v) is 17.3. The smallest absolute Gasteiger partial charge is 0.210 e. The van der Waals surface area contributed by atoms with Crippen molar-refractivity contribution in [2.24, 2.45) is 0 Å². The number of hydrogen-bond donors (Lipinski definition) is 2. The molecule has 0 atom stereocenters. The molecule has 9 heterocycles. The number of nitrogens with zero attached hydrogens (tertiary/aromatic N) is 6. The van der Waals surface area contributed by atoms with E-state index < -0.39 is 0 Å². The number of H-pyrrole nitrogens is 2. The Morgan fingerprint density at radius 2 is 0.432 bits per heavy atom. The number of fused-ring (bicyclic) bond motifs is 12. The second kappa shape index (κ2) is 21.0. The molecule has 17 rings (SSSR count). The molecule has 0 aliphatic carbocycles. The third-order valence-electron chi connectivity index (χ3n) is 17.3. The van der Waals surface area contributed by atoms with Gasteiger partial charge in [-0.15, -0.1) is 0 Å². The monoisotopic (exact) mass is 1130 g/mol. The van der Waals surface area contributed by atoms with Crippen LogP contribution < -0.4 is 18.3 Å². The van der Waals surface area contributed by atoms with Gasteiger partial charge in [-0.1, -0.05) is 72.8 Å². The van der Waals surface area contributed by atoms with Gasteiger partial charge in [-0.25, -0.2) is 9.97 Å². The predicted molar refractivity (Wildman–Crippen MR) is 357 cm³/mol. The van der Waals surface area contributed by atoms with Crippen LogP contribution in [0.5, 0.6) is 0 Å². The number of pyridine rings is 4. The zero-order chi connectivity index (χ0) is 58.1. The minimum atomic E-state index is 0.845. The van der Waals surface area contributed by atoms with E-state index in [2.05, 4.69) is 345 Å². The van der Waals surface area contributed by atoms with Crippen LogP contribution in [0.15, 0.2) is 292 Å². The Balaban J connectivity index is 0.892. The molecule has 0 fully saturated rings. The molecule has 8 heteroatoms. The van der Waals surface area contributed by atoms with Crippen LogP contribution >= 0.6 is 0 Å². The van der Waals surface area contributed by atoms with Crippen molar-refractivity contribution in [3.05, 3.63) is 315 Å². The van der Waals surface area contributed by atoms with Gasteiger partial charge >= 0.3 is 0 Å². The first-order chi connectivity index (χ1) is 43.5. The van der Waals surface area contributed by atoms with Crippen LogP contribution in [0.3, 0.4) is 0 Å².